The standard InChI is InChI=1S/C29H43NO3S/c1-3-5-6-7-8-9-10-11-12-15-25-34-27-20-14-13-18-26(27)19-17-24-30(23-4-2)28(31)21-16-22-29(32)33/h2,13-14,17-20H,3,5-12,15-16,21-25H2,1H3,(H,32,33)/b19-17+. The second kappa shape index (κ2) is 20.2. The van der Waals surface area contributed by atoms with Crippen molar-refractivity contribution in [3.05, 3.63) is 35.9 Å². The van der Waals surface area contributed by atoms with Crippen LogP contribution in [-0.2, 0) is 9.59 Å². The van der Waals surface area contributed by atoms with E-state index in [1.165, 1.54) is 69.1 Å². The molecule has 0 aromatic heterocycles. The number of rotatable bonds is 20. The average Bonchev–Trinajstić information content (AvgIpc) is 2.82. The van der Waals surface area contributed by atoms with E-state index in [0.29, 0.717) is 13.0 Å². The molecular formula is C29H43NO3S. The molecule has 0 aliphatic carbocycles. The van der Waals surface area contributed by atoms with Gasteiger partial charge in [0.25, 0.3) is 0 Å². The summed E-state index contributed by atoms with van der Waals surface area (Å²) in [6.45, 7) is 2.91. The van der Waals surface area contributed by atoms with Crippen molar-refractivity contribution in [2.75, 3.05) is 18.8 Å². The van der Waals surface area contributed by atoms with E-state index in [4.69, 9.17) is 11.5 Å². The molecular weight excluding hydrogens is 442 g/mol. The maximum absolute atomic E-state index is 12.4. The van der Waals surface area contributed by atoms with Gasteiger partial charge < -0.3 is 10.0 Å². The van der Waals surface area contributed by atoms with E-state index in [2.05, 4.69) is 37.1 Å². The number of aliphatic carboxylic acids is 1. The second-order valence-corrected chi connectivity index (χ2v) is 9.83. The molecule has 1 rings (SSSR count). The first kappa shape index (κ1) is 29.8. The van der Waals surface area contributed by atoms with E-state index in [0.717, 1.165) is 11.3 Å². The molecule has 5 heteroatoms. The van der Waals surface area contributed by atoms with E-state index >= 15 is 0 Å². The summed E-state index contributed by atoms with van der Waals surface area (Å²) in [4.78, 5) is 25.9. The Hall–Kier alpha value is -2.19. The molecule has 1 N–H and O–H groups in total. The number of carbonyl (C=O) groups excluding carboxylic acids is 1. The number of hydrogen-bond acceptors (Lipinski definition) is 3. The van der Waals surface area contributed by atoms with Crippen LogP contribution in [0.15, 0.2) is 35.2 Å². The van der Waals surface area contributed by atoms with Crippen LogP contribution in [0.5, 0.6) is 0 Å². The number of terminal acetylenes is 1. The Morgan fingerprint density at radius 2 is 1.62 bits per heavy atom. The highest BCUT2D eigenvalue weighted by Gasteiger charge is 2.11. The minimum atomic E-state index is -0.886. The third-order valence-corrected chi connectivity index (χ3v) is 6.89. The summed E-state index contributed by atoms with van der Waals surface area (Å²) >= 11 is 1.89. The number of carboxylic acids is 1. The highest BCUT2D eigenvalue weighted by Crippen LogP contribution is 2.25. The van der Waals surface area contributed by atoms with Crippen molar-refractivity contribution in [1.29, 1.82) is 0 Å². The molecule has 0 atom stereocenters. The Bertz CT molecular complexity index is 769. The summed E-state index contributed by atoms with van der Waals surface area (Å²) < 4.78 is 0. The maximum Gasteiger partial charge on any atom is 0.303 e. The van der Waals surface area contributed by atoms with E-state index in [1.807, 2.05) is 23.9 Å². The largest absolute Gasteiger partial charge is 0.481 e. The van der Waals surface area contributed by atoms with Crippen LogP contribution in [0.25, 0.3) is 6.08 Å². The van der Waals surface area contributed by atoms with Crippen LogP contribution in [0.4, 0.5) is 0 Å². The molecule has 0 aliphatic rings. The number of carbonyl (C=O) groups is 2. The number of unbranched alkanes of at least 4 members (excludes halogenated alkanes) is 9. The van der Waals surface area contributed by atoms with Crippen molar-refractivity contribution in [2.24, 2.45) is 0 Å². The molecule has 0 bridgehead atoms. The fourth-order valence-electron chi connectivity index (χ4n) is 3.74. The quantitative estimate of drug-likeness (QED) is 0.118. The predicted octanol–water partition coefficient (Wildman–Crippen LogP) is 7.43. The van der Waals surface area contributed by atoms with Crippen LogP contribution >= 0.6 is 11.8 Å². The van der Waals surface area contributed by atoms with E-state index < -0.39 is 5.97 Å². The minimum Gasteiger partial charge on any atom is -0.481 e. The molecule has 0 unspecified atom stereocenters. The van der Waals surface area contributed by atoms with Crippen molar-refractivity contribution in [2.45, 2.75) is 95.3 Å². The Morgan fingerprint density at radius 3 is 2.26 bits per heavy atom. The number of amides is 1. The van der Waals surface area contributed by atoms with Gasteiger partial charge in [0.05, 0.1) is 6.54 Å². The first-order chi connectivity index (χ1) is 16.6. The third kappa shape index (κ3) is 14.9. The molecule has 1 aromatic rings. The maximum atomic E-state index is 12.4. The molecule has 188 valence electrons. The number of hydrogen-bond donors (Lipinski definition) is 1. The normalized spacial score (nSPS) is 10.9. The summed E-state index contributed by atoms with van der Waals surface area (Å²) in [5.74, 6) is 2.65. The minimum absolute atomic E-state index is 0.00484. The fourth-order valence-corrected chi connectivity index (χ4v) is 4.79. The third-order valence-electron chi connectivity index (χ3n) is 5.71. The van der Waals surface area contributed by atoms with E-state index in [-0.39, 0.29) is 25.3 Å². The molecule has 0 radical (unpaired) electrons. The summed E-state index contributed by atoms with van der Waals surface area (Å²) in [7, 11) is 0. The fraction of sp³-hybridized carbons (Fsp3) is 0.586. The van der Waals surface area contributed by atoms with Crippen LogP contribution in [-0.4, -0.2) is 40.7 Å². The van der Waals surface area contributed by atoms with Gasteiger partial charge >= 0.3 is 5.97 Å². The Labute approximate surface area is 211 Å². The van der Waals surface area contributed by atoms with Crippen LogP contribution in [0.3, 0.4) is 0 Å². The SMILES string of the molecule is C#CCN(C/C=C/c1ccccc1SCCCCCCCCCCCC)C(=O)CCCC(=O)O. The molecule has 0 saturated heterocycles. The zero-order valence-corrected chi connectivity index (χ0v) is 21.8. The van der Waals surface area contributed by atoms with Crippen LogP contribution in [0.2, 0.25) is 0 Å². The van der Waals surface area contributed by atoms with Gasteiger partial charge in [0.1, 0.15) is 0 Å². The molecule has 0 saturated carbocycles. The number of nitrogens with zero attached hydrogens (tertiary/aromatic N) is 1. The van der Waals surface area contributed by atoms with Gasteiger partial charge in [-0.1, -0.05) is 101 Å². The van der Waals surface area contributed by atoms with Crippen LogP contribution < -0.4 is 0 Å². The number of thioether (sulfide) groups is 1. The van der Waals surface area contributed by atoms with Crippen molar-refractivity contribution < 1.29 is 14.7 Å². The first-order valence-electron chi connectivity index (χ1n) is 12.9. The summed E-state index contributed by atoms with van der Waals surface area (Å²) in [6, 6.07) is 8.34. The molecule has 0 aliphatic heterocycles. The Kier molecular flexibility index (Phi) is 17.7. The van der Waals surface area contributed by atoms with Gasteiger partial charge in [0, 0.05) is 24.3 Å². The van der Waals surface area contributed by atoms with Crippen molar-refractivity contribution in [1.82, 2.24) is 4.90 Å². The van der Waals surface area contributed by atoms with Gasteiger partial charge in [-0.3, -0.25) is 9.59 Å². The molecule has 1 amide bonds. The monoisotopic (exact) mass is 485 g/mol. The smallest absolute Gasteiger partial charge is 0.303 e. The average molecular weight is 486 g/mol. The lowest BCUT2D eigenvalue weighted by Gasteiger charge is -2.18. The second-order valence-electron chi connectivity index (χ2n) is 8.70. The summed E-state index contributed by atoms with van der Waals surface area (Å²) in [6.07, 6.45) is 23.4. The molecule has 4 nitrogen and oxygen atoms in total. The van der Waals surface area contributed by atoms with Gasteiger partial charge in [0.15, 0.2) is 0 Å². The lowest BCUT2D eigenvalue weighted by Crippen LogP contribution is -2.31. The number of benzene rings is 1. The van der Waals surface area contributed by atoms with Crippen LogP contribution in [0, 0.1) is 12.3 Å². The van der Waals surface area contributed by atoms with Crippen molar-refractivity contribution in [3.63, 3.8) is 0 Å². The van der Waals surface area contributed by atoms with Gasteiger partial charge in [0.2, 0.25) is 5.91 Å². The highest BCUT2D eigenvalue weighted by atomic mass is 32.2. The van der Waals surface area contributed by atoms with Gasteiger partial charge in [-0.25, -0.2) is 0 Å². The summed E-state index contributed by atoms with van der Waals surface area (Å²) in [5.41, 5.74) is 1.15. The molecule has 0 spiro atoms. The number of carboxylic acid groups (broad SMARTS) is 1. The molecule has 0 fully saturated rings. The zero-order valence-electron chi connectivity index (χ0n) is 21.0. The zero-order chi connectivity index (χ0) is 24.9. The Morgan fingerprint density at radius 1 is 0.971 bits per heavy atom. The predicted molar refractivity (Wildman–Crippen MR) is 145 cm³/mol. The van der Waals surface area contributed by atoms with E-state index in [9.17, 15) is 9.59 Å². The molecule has 34 heavy (non-hydrogen) atoms. The first-order valence-corrected chi connectivity index (χ1v) is 13.9. The van der Waals surface area contributed by atoms with E-state index in [1.54, 1.807) is 4.90 Å². The van der Waals surface area contributed by atoms with Crippen molar-refractivity contribution in [3.8, 4) is 12.3 Å². The molecule has 1 aromatic carbocycles. The molecule has 0 heterocycles. The van der Waals surface area contributed by atoms with Crippen molar-refractivity contribution >= 4 is 29.7 Å². The van der Waals surface area contributed by atoms with Crippen LogP contribution in [0.1, 0.15) is 96.0 Å². The highest BCUT2D eigenvalue weighted by molar-refractivity contribution is 7.99. The van der Waals surface area contributed by atoms with Gasteiger partial charge in [-0.2, -0.15) is 0 Å². The summed E-state index contributed by atoms with van der Waals surface area (Å²) in [5, 5.41) is 8.75. The lowest BCUT2D eigenvalue weighted by molar-refractivity contribution is -0.137. The Balaban J connectivity index is 2.37. The van der Waals surface area contributed by atoms with Gasteiger partial charge in [-0.05, 0) is 30.2 Å². The lowest BCUT2D eigenvalue weighted by atomic mass is 10.1. The topological polar surface area (TPSA) is 57.6 Å². The van der Waals surface area contributed by atoms with Gasteiger partial charge in [-0.15, -0.1) is 18.2 Å².